The Labute approximate surface area is 126 Å². The third-order valence-electron chi connectivity index (χ3n) is 3.78. The van der Waals surface area contributed by atoms with Crippen LogP contribution in [0.2, 0.25) is 0 Å². The minimum absolute atomic E-state index is 0. The lowest BCUT2D eigenvalue weighted by Gasteiger charge is -2.32. The molecule has 0 aliphatic carbocycles. The first-order chi connectivity index (χ1) is 8.72. The number of aryl methyl sites for hydroxylation is 1. The lowest BCUT2D eigenvalue weighted by atomic mass is 9.87. The standard InChI is InChI=1S/C15H23NOS.ClH/c1-18-14-6-2-4-13(12-14)5-3-7-15(17)8-10-16-11-9-15;/h2,4,6,12,16-17H,3,5,7-11H2,1H3;1H. The van der Waals surface area contributed by atoms with E-state index in [1.165, 1.54) is 10.5 Å². The molecule has 1 aromatic rings. The summed E-state index contributed by atoms with van der Waals surface area (Å²) in [5.41, 5.74) is 0.974. The lowest BCUT2D eigenvalue weighted by molar-refractivity contribution is 0.000919. The van der Waals surface area contributed by atoms with E-state index in [1.807, 2.05) is 0 Å². The largest absolute Gasteiger partial charge is 0.390 e. The van der Waals surface area contributed by atoms with E-state index >= 15 is 0 Å². The molecule has 0 spiro atoms. The average molecular weight is 302 g/mol. The Morgan fingerprint density at radius 2 is 2.05 bits per heavy atom. The second-order valence-corrected chi connectivity index (χ2v) is 6.06. The van der Waals surface area contributed by atoms with E-state index in [0.717, 1.165) is 45.2 Å². The summed E-state index contributed by atoms with van der Waals surface area (Å²) in [6.45, 7) is 1.91. The zero-order chi connectivity index (χ0) is 12.8. The molecular formula is C15H24ClNOS. The molecule has 2 rings (SSSR count). The fourth-order valence-electron chi connectivity index (χ4n) is 2.59. The quantitative estimate of drug-likeness (QED) is 0.819. The van der Waals surface area contributed by atoms with Gasteiger partial charge in [0.1, 0.15) is 0 Å². The molecule has 0 aromatic heterocycles. The van der Waals surface area contributed by atoms with Crippen molar-refractivity contribution in [3.05, 3.63) is 29.8 Å². The first-order valence-electron chi connectivity index (χ1n) is 6.78. The Balaban J connectivity index is 0.00000180. The number of halogens is 1. The summed E-state index contributed by atoms with van der Waals surface area (Å²) < 4.78 is 0. The smallest absolute Gasteiger partial charge is 0.0672 e. The predicted molar refractivity (Wildman–Crippen MR) is 85.5 cm³/mol. The molecule has 1 heterocycles. The van der Waals surface area contributed by atoms with E-state index in [0.29, 0.717) is 0 Å². The number of thioether (sulfide) groups is 1. The van der Waals surface area contributed by atoms with Crippen LogP contribution in [0, 0.1) is 0 Å². The lowest BCUT2D eigenvalue weighted by Crippen LogP contribution is -2.41. The van der Waals surface area contributed by atoms with Gasteiger partial charge >= 0.3 is 0 Å². The van der Waals surface area contributed by atoms with Gasteiger partial charge in [0.05, 0.1) is 5.60 Å². The maximum atomic E-state index is 10.4. The summed E-state index contributed by atoms with van der Waals surface area (Å²) in [6.07, 6.45) is 6.99. The van der Waals surface area contributed by atoms with Crippen molar-refractivity contribution in [3.63, 3.8) is 0 Å². The molecule has 0 amide bonds. The zero-order valence-electron chi connectivity index (χ0n) is 11.5. The molecular weight excluding hydrogens is 278 g/mol. The van der Waals surface area contributed by atoms with Crippen LogP contribution >= 0.6 is 24.2 Å². The third kappa shape index (κ3) is 5.35. The molecule has 1 saturated heterocycles. The van der Waals surface area contributed by atoms with E-state index in [-0.39, 0.29) is 12.4 Å². The van der Waals surface area contributed by atoms with Crippen molar-refractivity contribution < 1.29 is 5.11 Å². The molecule has 1 aromatic carbocycles. The highest BCUT2D eigenvalue weighted by Crippen LogP contribution is 2.25. The molecule has 108 valence electrons. The molecule has 19 heavy (non-hydrogen) atoms. The maximum Gasteiger partial charge on any atom is 0.0672 e. The highest BCUT2D eigenvalue weighted by atomic mass is 35.5. The summed E-state index contributed by atoms with van der Waals surface area (Å²) in [4.78, 5) is 1.33. The molecule has 4 heteroatoms. The molecule has 0 saturated carbocycles. The SMILES string of the molecule is CSc1cccc(CCCC2(O)CCNCC2)c1.Cl. The fourth-order valence-corrected chi connectivity index (χ4v) is 3.08. The van der Waals surface area contributed by atoms with Crippen LogP contribution in [-0.4, -0.2) is 30.1 Å². The normalized spacial score (nSPS) is 17.8. The second kappa shape index (κ2) is 8.15. The van der Waals surface area contributed by atoms with E-state index < -0.39 is 5.60 Å². The van der Waals surface area contributed by atoms with Crippen molar-refractivity contribution in [2.45, 2.75) is 42.6 Å². The van der Waals surface area contributed by atoms with Gasteiger partial charge in [-0.25, -0.2) is 0 Å². The van der Waals surface area contributed by atoms with Crippen molar-refractivity contribution in [1.82, 2.24) is 5.32 Å². The number of aliphatic hydroxyl groups is 1. The van der Waals surface area contributed by atoms with Crippen molar-refractivity contribution in [2.75, 3.05) is 19.3 Å². The molecule has 0 atom stereocenters. The van der Waals surface area contributed by atoms with Crippen molar-refractivity contribution in [1.29, 1.82) is 0 Å². The van der Waals surface area contributed by atoms with Crippen LogP contribution in [0.5, 0.6) is 0 Å². The van der Waals surface area contributed by atoms with E-state index in [9.17, 15) is 5.11 Å². The van der Waals surface area contributed by atoms with Crippen LogP contribution in [-0.2, 0) is 6.42 Å². The first kappa shape index (κ1) is 16.8. The molecule has 1 fully saturated rings. The summed E-state index contributed by atoms with van der Waals surface area (Å²) >= 11 is 1.79. The van der Waals surface area contributed by atoms with Crippen molar-refractivity contribution in [2.24, 2.45) is 0 Å². The predicted octanol–water partition coefficient (Wildman–Crippen LogP) is 3.27. The fraction of sp³-hybridized carbons (Fsp3) is 0.600. The van der Waals surface area contributed by atoms with Gasteiger partial charge in [-0.05, 0) is 69.1 Å². The molecule has 2 N–H and O–H groups in total. The Bertz CT molecular complexity index is 380. The van der Waals surface area contributed by atoms with E-state index in [4.69, 9.17) is 0 Å². The van der Waals surface area contributed by atoms with Gasteiger partial charge in [-0.2, -0.15) is 0 Å². The molecule has 2 nitrogen and oxygen atoms in total. The Morgan fingerprint density at radius 1 is 1.32 bits per heavy atom. The highest BCUT2D eigenvalue weighted by Gasteiger charge is 2.28. The molecule has 0 unspecified atom stereocenters. The van der Waals surface area contributed by atoms with Crippen LogP contribution in [0.15, 0.2) is 29.2 Å². The Morgan fingerprint density at radius 3 is 2.74 bits per heavy atom. The number of piperidine rings is 1. The average Bonchev–Trinajstić information content (AvgIpc) is 2.40. The van der Waals surface area contributed by atoms with Crippen LogP contribution in [0.3, 0.4) is 0 Å². The number of hydrogen-bond donors (Lipinski definition) is 2. The van der Waals surface area contributed by atoms with Gasteiger partial charge in [0.25, 0.3) is 0 Å². The number of rotatable bonds is 5. The summed E-state index contributed by atoms with van der Waals surface area (Å²) in [5.74, 6) is 0. The van der Waals surface area contributed by atoms with Crippen molar-refractivity contribution >= 4 is 24.2 Å². The summed E-state index contributed by atoms with van der Waals surface area (Å²) in [5, 5.41) is 13.7. The van der Waals surface area contributed by atoms with Gasteiger partial charge in [-0.1, -0.05) is 12.1 Å². The van der Waals surface area contributed by atoms with Gasteiger partial charge in [-0.3, -0.25) is 0 Å². The third-order valence-corrected chi connectivity index (χ3v) is 4.50. The molecule has 1 aliphatic rings. The Hall–Kier alpha value is -0.220. The van der Waals surface area contributed by atoms with Gasteiger partial charge < -0.3 is 10.4 Å². The molecule has 0 bridgehead atoms. The minimum Gasteiger partial charge on any atom is -0.390 e. The van der Waals surface area contributed by atoms with E-state index in [2.05, 4.69) is 35.8 Å². The van der Waals surface area contributed by atoms with Gasteiger partial charge in [0.2, 0.25) is 0 Å². The van der Waals surface area contributed by atoms with Crippen LogP contribution in [0.1, 0.15) is 31.2 Å². The Kier molecular flexibility index (Phi) is 7.22. The first-order valence-corrected chi connectivity index (χ1v) is 8.00. The maximum absolute atomic E-state index is 10.4. The van der Waals surface area contributed by atoms with Gasteiger partial charge in [-0.15, -0.1) is 24.2 Å². The number of nitrogens with one attached hydrogen (secondary N) is 1. The van der Waals surface area contributed by atoms with Crippen LogP contribution in [0.4, 0.5) is 0 Å². The highest BCUT2D eigenvalue weighted by molar-refractivity contribution is 7.98. The molecule has 1 aliphatic heterocycles. The van der Waals surface area contributed by atoms with Crippen molar-refractivity contribution in [3.8, 4) is 0 Å². The second-order valence-electron chi connectivity index (χ2n) is 5.18. The van der Waals surface area contributed by atoms with Gasteiger partial charge in [0.15, 0.2) is 0 Å². The zero-order valence-corrected chi connectivity index (χ0v) is 13.2. The van der Waals surface area contributed by atoms with Gasteiger partial charge in [0, 0.05) is 4.90 Å². The summed E-state index contributed by atoms with van der Waals surface area (Å²) in [7, 11) is 0. The number of hydrogen-bond acceptors (Lipinski definition) is 3. The monoisotopic (exact) mass is 301 g/mol. The minimum atomic E-state index is -0.414. The topological polar surface area (TPSA) is 32.3 Å². The van der Waals surface area contributed by atoms with Crippen LogP contribution < -0.4 is 5.32 Å². The summed E-state index contributed by atoms with van der Waals surface area (Å²) in [6, 6.07) is 8.72. The molecule has 0 radical (unpaired) electrons. The van der Waals surface area contributed by atoms with Crippen LogP contribution in [0.25, 0.3) is 0 Å². The number of benzene rings is 1. The van der Waals surface area contributed by atoms with E-state index in [1.54, 1.807) is 11.8 Å².